The molecule has 0 unspecified atom stereocenters. The molecular weight excluding hydrogens is 531 g/mol. The van der Waals surface area contributed by atoms with Crippen molar-refractivity contribution >= 4 is 28.6 Å². The molecule has 3 heterocycles. The number of halogens is 3. The SMILES string of the molecule is Cn1c(Nc2ccc(C(F)(F)F)cc2)nc2cc(Oc3ccnc(-c4ncc(C(=O)O)[nH]4)c3)ccc21.[NH-]CCO. The maximum Gasteiger partial charge on any atom is 0.416 e. The number of carboxylic acid groups (broad SMARTS) is 1. The summed E-state index contributed by atoms with van der Waals surface area (Å²) in [6.07, 6.45) is -1.68. The van der Waals surface area contributed by atoms with Gasteiger partial charge in [-0.25, -0.2) is 14.8 Å². The van der Waals surface area contributed by atoms with E-state index in [9.17, 15) is 18.0 Å². The van der Waals surface area contributed by atoms with E-state index in [0.29, 0.717) is 34.3 Å². The molecule has 0 aliphatic carbocycles. The molecule has 0 aliphatic rings. The lowest BCUT2D eigenvalue weighted by atomic mass is 10.2. The molecule has 5 N–H and O–H groups in total. The molecule has 0 aliphatic heterocycles. The van der Waals surface area contributed by atoms with Crippen LogP contribution in [-0.4, -0.2) is 53.8 Å². The number of carbonyl (C=O) groups is 1. The number of aromatic carboxylic acids is 1. The third-order valence-corrected chi connectivity index (χ3v) is 5.45. The number of aromatic nitrogens is 5. The zero-order chi connectivity index (χ0) is 28.9. The molecule has 0 saturated heterocycles. The van der Waals surface area contributed by atoms with Crippen LogP contribution < -0.4 is 10.1 Å². The normalized spacial score (nSPS) is 11.2. The monoisotopic (exact) mass is 554 g/mol. The maximum absolute atomic E-state index is 12.8. The van der Waals surface area contributed by atoms with Gasteiger partial charge in [-0.05, 0) is 42.5 Å². The molecule has 0 atom stereocenters. The molecule has 40 heavy (non-hydrogen) atoms. The van der Waals surface area contributed by atoms with Gasteiger partial charge in [-0.2, -0.15) is 13.2 Å². The Labute approximate surface area is 225 Å². The molecule has 3 aromatic heterocycles. The van der Waals surface area contributed by atoms with Gasteiger partial charge in [0, 0.05) is 37.7 Å². The van der Waals surface area contributed by atoms with E-state index in [1.807, 2.05) is 6.07 Å². The first kappa shape index (κ1) is 28.1. The zero-order valence-corrected chi connectivity index (χ0v) is 20.9. The number of ether oxygens (including phenoxy) is 1. The van der Waals surface area contributed by atoms with E-state index in [4.69, 9.17) is 20.7 Å². The second-order valence-corrected chi connectivity index (χ2v) is 8.25. The number of alkyl halides is 3. The van der Waals surface area contributed by atoms with Gasteiger partial charge in [0.2, 0.25) is 5.95 Å². The topological polar surface area (TPSA) is 162 Å². The Hall–Kier alpha value is -4.95. The summed E-state index contributed by atoms with van der Waals surface area (Å²) >= 11 is 0. The van der Waals surface area contributed by atoms with Gasteiger partial charge < -0.3 is 35.6 Å². The van der Waals surface area contributed by atoms with Crippen molar-refractivity contribution in [2.45, 2.75) is 6.18 Å². The third-order valence-electron chi connectivity index (χ3n) is 5.45. The lowest BCUT2D eigenvalue weighted by molar-refractivity contribution is -0.137. The van der Waals surface area contributed by atoms with E-state index in [1.54, 1.807) is 35.9 Å². The lowest BCUT2D eigenvalue weighted by Crippen LogP contribution is -2.05. The number of anilines is 2. The Kier molecular flexibility index (Phi) is 8.31. The lowest BCUT2D eigenvalue weighted by Gasteiger charge is -2.09. The summed E-state index contributed by atoms with van der Waals surface area (Å²) in [5.41, 5.74) is 7.67. The van der Waals surface area contributed by atoms with Crippen LogP contribution in [0.15, 0.2) is 67.0 Å². The first-order valence-electron chi connectivity index (χ1n) is 11.7. The minimum absolute atomic E-state index is 0.0139. The van der Waals surface area contributed by atoms with Crippen molar-refractivity contribution in [1.82, 2.24) is 24.5 Å². The van der Waals surface area contributed by atoms with Gasteiger partial charge in [0.05, 0.1) is 22.8 Å². The van der Waals surface area contributed by atoms with Gasteiger partial charge in [0.15, 0.2) is 5.82 Å². The number of hydrogen-bond donors (Lipinski definition) is 4. The molecule has 14 heteroatoms. The number of nitrogens with zero attached hydrogens (tertiary/aromatic N) is 4. The van der Waals surface area contributed by atoms with Crippen LogP contribution in [0.3, 0.4) is 0 Å². The van der Waals surface area contributed by atoms with Crippen molar-refractivity contribution in [3.63, 3.8) is 0 Å². The van der Waals surface area contributed by atoms with Crippen molar-refractivity contribution in [2.75, 3.05) is 18.5 Å². The van der Waals surface area contributed by atoms with E-state index in [2.05, 4.69) is 25.3 Å². The van der Waals surface area contributed by atoms with Gasteiger partial charge in [0.1, 0.15) is 22.9 Å². The Bertz CT molecular complexity index is 1610. The number of hydrogen-bond acceptors (Lipinski definition) is 7. The number of carboxylic acids is 1. The summed E-state index contributed by atoms with van der Waals surface area (Å²) in [6, 6.07) is 13.2. The van der Waals surface area contributed by atoms with Crippen LogP contribution in [0.25, 0.3) is 28.3 Å². The summed E-state index contributed by atoms with van der Waals surface area (Å²) in [7, 11) is 1.78. The number of aliphatic hydroxyl groups is 1. The quantitative estimate of drug-likeness (QED) is 0.201. The molecule has 0 amide bonds. The molecular formula is C26H23F3N7O4-. The standard InChI is InChI=1S/C24H17F3N6O3.C2H6NO/c1-33-20-7-6-15(36-16-8-9-28-18(11-16)21-29-12-19(31-21)22(34)35)10-17(20)32-23(33)30-14-4-2-13(3-5-14)24(25,26)27;3-1-2-4/h2-12H,1H3,(H,29,31)(H,30,32)(H,34,35);3-4H,1-2H2/q;-1. The van der Waals surface area contributed by atoms with Gasteiger partial charge in [0.25, 0.3) is 0 Å². The largest absolute Gasteiger partial charge is 0.676 e. The van der Waals surface area contributed by atoms with Crippen molar-refractivity contribution in [3.05, 3.63) is 84.0 Å². The molecule has 5 rings (SSSR count). The molecule has 0 fully saturated rings. The minimum atomic E-state index is -4.40. The number of benzene rings is 2. The highest BCUT2D eigenvalue weighted by Crippen LogP contribution is 2.32. The summed E-state index contributed by atoms with van der Waals surface area (Å²) < 4.78 is 46.1. The number of aliphatic hydroxyl groups excluding tert-OH is 1. The van der Waals surface area contributed by atoms with Crippen LogP contribution in [-0.2, 0) is 13.2 Å². The molecule has 0 saturated carbocycles. The highest BCUT2D eigenvalue weighted by molar-refractivity contribution is 5.85. The number of pyridine rings is 1. The number of H-pyrrole nitrogens is 1. The second kappa shape index (κ2) is 11.8. The van der Waals surface area contributed by atoms with Gasteiger partial charge in [-0.3, -0.25) is 4.98 Å². The van der Waals surface area contributed by atoms with E-state index in [0.717, 1.165) is 17.6 Å². The number of fused-ring (bicyclic) bond motifs is 1. The fraction of sp³-hybridized carbons (Fsp3) is 0.154. The molecule has 0 radical (unpaired) electrons. The molecule has 11 nitrogen and oxygen atoms in total. The summed E-state index contributed by atoms with van der Waals surface area (Å²) in [5.74, 6) is 0.547. The van der Waals surface area contributed by atoms with Crippen LogP contribution in [0, 0.1) is 0 Å². The van der Waals surface area contributed by atoms with E-state index < -0.39 is 17.7 Å². The highest BCUT2D eigenvalue weighted by atomic mass is 19.4. The zero-order valence-electron chi connectivity index (χ0n) is 20.9. The fourth-order valence-electron chi connectivity index (χ4n) is 3.53. The summed E-state index contributed by atoms with van der Waals surface area (Å²) in [4.78, 5) is 26.5. The average molecular weight is 555 g/mol. The number of aromatic amines is 1. The Morgan fingerprint density at radius 3 is 2.42 bits per heavy atom. The van der Waals surface area contributed by atoms with Crippen molar-refractivity contribution in [2.24, 2.45) is 7.05 Å². The van der Waals surface area contributed by atoms with Crippen LogP contribution in [0.2, 0.25) is 0 Å². The smallest absolute Gasteiger partial charge is 0.416 e. The van der Waals surface area contributed by atoms with Gasteiger partial charge in [-0.1, -0.05) is 0 Å². The van der Waals surface area contributed by atoms with Crippen LogP contribution in [0.5, 0.6) is 11.5 Å². The highest BCUT2D eigenvalue weighted by Gasteiger charge is 2.30. The molecule has 2 aromatic carbocycles. The Morgan fingerprint density at radius 1 is 1.10 bits per heavy atom. The van der Waals surface area contributed by atoms with Crippen molar-refractivity contribution in [3.8, 4) is 23.0 Å². The predicted molar refractivity (Wildman–Crippen MR) is 141 cm³/mol. The molecule has 0 spiro atoms. The number of nitrogens with one attached hydrogen (secondary N) is 3. The molecule has 0 bridgehead atoms. The summed E-state index contributed by atoms with van der Waals surface area (Å²) in [6.45, 7) is 0.111. The first-order chi connectivity index (χ1) is 19.1. The minimum Gasteiger partial charge on any atom is -0.676 e. The number of aryl methyl sites for hydroxylation is 1. The van der Waals surface area contributed by atoms with Crippen LogP contribution in [0.1, 0.15) is 16.1 Å². The summed E-state index contributed by atoms with van der Waals surface area (Å²) in [5, 5.41) is 19.8. The van der Waals surface area contributed by atoms with Crippen molar-refractivity contribution < 1.29 is 32.9 Å². The average Bonchev–Trinajstić information content (AvgIpc) is 3.54. The van der Waals surface area contributed by atoms with Crippen LogP contribution in [0.4, 0.5) is 24.8 Å². The fourth-order valence-corrected chi connectivity index (χ4v) is 3.53. The first-order valence-corrected chi connectivity index (χ1v) is 11.7. The van der Waals surface area contributed by atoms with Crippen molar-refractivity contribution in [1.29, 1.82) is 0 Å². The van der Waals surface area contributed by atoms with E-state index >= 15 is 0 Å². The maximum atomic E-state index is 12.8. The number of imidazole rings is 2. The molecule has 208 valence electrons. The van der Waals surface area contributed by atoms with Gasteiger partial charge >= 0.3 is 12.1 Å². The van der Waals surface area contributed by atoms with E-state index in [1.165, 1.54) is 24.5 Å². The predicted octanol–water partition coefficient (Wildman–Crippen LogP) is 5.64. The second-order valence-electron chi connectivity index (χ2n) is 8.25. The number of rotatable bonds is 7. The Balaban J connectivity index is 0.000000867. The third kappa shape index (κ3) is 6.54. The van der Waals surface area contributed by atoms with Gasteiger partial charge in [-0.15, -0.1) is 6.54 Å². The molecule has 5 aromatic rings. The van der Waals surface area contributed by atoms with E-state index in [-0.39, 0.29) is 24.7 Å². The van der Waals surface area contributed by atoms with Crippen LogP contribution >= 0.6 is 0 Å². The Morgan fingerprint density at radius 2 is 1.80 bits per heavy atom.